The van der Waals surface area contributed by atoms with Crippen LogP contribution in [0, 0.1) is 26.6 Å². The normalized spacial score (nSPS) is 11.9. The minimum atomic E-state index is -0.231. The van der Waals surface area contributed by atoms with Crippen LogP contribution in [0.3, 0.4) is 0 Å². The van der Waals surface area contributed by atoms with Gasteiger partial charge in [0, 0.05) is 33.3 Å². The lowest BCUT2D eigenvalue weighted by molar-refractivity contribution is -0.659. The summed E-state index contributed by atoms with van der Waals surface area (Å²) in [5, 5.41) is 4.00. The predicted octanol–water partition coefficient (Wildman–Crippen LogP) is 8.24. The van der Waals surface area contributed by atoms with Gasteiger partial charge in [-0.1, -0.05) is 42.0 Å². The molecule has 0 bridgehead atoms. The standard InChI is InChI=1S/C33H26FN2O/c1-19-16-20(2)21(3)26(17-19)32-33-25(14-15-35(32)4)27-18-22(12-13-30(27)37-33)36-29-11-6-5-8-23(29)24-9-7-10-28(34)31(24)36/h5-18H,1-4H3/q+1. The fourth-order valence-corrected chi connectivity index (χ4v) is 5.85. The van der Waals surface area contributed by atoms with E-state index < -0.39 is 0 Å². The summed E-state index contributed by atoms with van der Waals surface area (Å²) in [5.74, 6) is -0.231. The molecule has 0 unspecified atom stereocenters. The number of nitrogens with zero attached hydrogens (tertiary/aromatic N) is 2. The number of pyridine rings is 1. The molecule has 0 saturated heterocycles. The molecule has 0 atom stereocenters. The molecule has 0 radical (unpaired) electrons. The summed E-state index contributed by atoms with van der Waals surface area (Å²) in [7, 11) is 2.06. The van der Waals surface area contributed by atoms with Crippen molar-refractivity contribution in [3.63, 3.8) is 0 Å². The van der Waals surface area contributed by atoms with Gasteiger partial charge in [-0.05, 0) is 68.3 Å². The van der Waals surface area contributed by atoms with Crippen molar-refractivity contribution >= 4 is 43.7 Å². The number of fused-ring (bicyclic) bond motifs is 6. The minimum absolute atomic E-state index is 0.231. The molecule has 0 aliphatic carbocycles. The number of benzene rings is 4. The lowest BCUT2D eigenvalue weighted by Crippen LogP contribution is -2.30. The van der Waals surface area contributed by atoms with Crippen LogP contribution in [0.2, 0.25) is 0 Å². The van der Waals surface area contributed by atoms with E-state index in [-0.39, 0.29) is 5.82 Å². The number of para-hydroxylation sites is 2. The Labute approximate surface area is 214 Å². The molecule has 0 spiro atoms. The largest absolute Gasteiger partial charge is 0.449 e. The average molecular weight is 486 g/mol. The van der Waals surface area contributed by atoms with Crippen LogP contribution in [-0.2, 0) is 7.05 Å². The summed E-state index contributed by atoms with van der Waals surface area (Å²) < 4.78 is 25.9. The third-order valence-electron chi connectivity index (χ3n) is 7.71. The van der Waals surface area contributed by atoms with Gasteiger partial charge in [0.25, 0.3) is 5.69 Å². The van der Waals surface area contributed by atoms with Crippen LogP contribution in [0.25, 0.3) is 60.7 Å². The van der Waals surface area contributed by atoms with E-state index in [2.05, 4.69) is 68.9 Å². The van der Waals surface area contributed by atoms with Crippen molar-refractivity contribution in [2.45, 2.75) is 20.8 Å². The third-order valence-corrected chi connectivity index (χ3v) is 7.71. The SMILES string of the molecule is Cc1cc(C)c(C)c(-c2c3oc4ccc(-n5c6ccccc6c6cccc(F)c65)cc4c3cc[n+]2C)c1. The van der Waals surface area contributed by atoms with E-state index in [1.807, 2.05) is 41.0 Å². The van der Waals surface area contributed by atoms with Crippen LogP contribution in [0.15, 0.2) is 89.5 Å². The maximum absolute atomic E-state index is 15.2. The highest BCUT2D eigenvalue weighted by Crippen LogP contribution is 2.38. The first-order valence-corrected chi connectivity index (χ1v) is 12.5. The number of hydrogen-bond donors (Lipinski definition) is 0. The van der Waals surface area contributed by atoms with Crippen molar-refractivity contribution in [1.29, 1.82) is 0 Å². The zero-order chi connectivity index (χ0) is 25.4. The van der Waals surface area contributed by atoms with Crippen LogP contribution in [0.4, 0.5) is 4.39 Å². The monoisotopic (exact) mass is 485 g/mol. The molecule has 0 aliphatic heterocycles. The summed E-state index contributed by atoms with van der Waals surface area (Å²) in [4.78, 5) is 0. The molecular formula is C33H26FN2O+. The fraction of sp³-hybridized carbons (Fsp3) is 0.121. The zero-order valence-electron chi connectivity index (χ0n) is 21.3. The second-order valence-corrected chi connectivity index (χ2v) is 10.0. The summed E-state index contributed by atoms with van der Waals surface area (Å²) in [6.07, 6.45) is 2.09. The van der Waals surface area contributed by atoms with Crippen LogP contribution >= 0.6 is 0 Å². The molecule has 0 N–H and O–H groups in total. The predicted molar refractivity (Wildman–Crippen MR) is 149 cm³/mol. The molecule has 37 heavy (non-hydrogen) atoms. The average Bonchev–Trinajstić information content (AvgIpc) is 3.42. The summed E-state index contributed by atoms with van der Waals surface area (Å²) >= 11 is 0. The Hall–Kier alpha value is -4.44. The molecule has 0 fully saturated rings. The van der Waals surface area contributed by atoms with Crippen LogP contribution in [0.5, 0.6) is 0 Å². The zero-order valence-corrected chi connectivity index (χ0v) is 21.3. The van der Waals surface area contributed by atoms with Gasteiger partial charge in [-0.3, -0.25) is 0 Å². The Morgan fingerprint density at radius 2 is 1.59 bits per heavy atom. The molecule has 7 rings (SSSR count). The summed E-state index contributed by atoms with van der Waals surface area (Å²) in [6.45, 7) is 6.45. The number of aryl methyl sites for hydroxylation is 3. The molecule has 7 aromatic rings. The Balaban J connectivity index is 1.55. The first-order valence-electron chi connectivity index (χ1n) is 12.5. The summed E-state index contributed by atoms with van der Waals surface area (Å²) in [5.41, 5.74) is 10.1. The van der Waals surface area contributed by atoms with E-state index in [1.54, 1.807) is 6.07 Å². The quantitative estimate of drug-likeness (QED) is 0.226. The number of rotatable bonds is 2. The molecule has 3 aromatic heterocycles. The number of halogens is 1. The number of aromatic nitrogens is 2. The van der Waals surface area contributed by atoms with Gasteiger partial charge >= 0.3 is 0 Å². The highest BCUT2D eigenvalue weighted by atomic mass is 19.1. The van der Waals surface area contributed by atoms with E-state index >= 15 is 4.39 Å². The van der Waals surface area contributed by atoms with Crippen molar-refractivity contribution in [3.05, 3.63) is 108 Å². The smallest absolute Gasteiger partial charge is 0.256 e. The van der Waals surface area contributed by atoms with Crippen molar-refractivity contribution in [2.24, 2.45) is 7.05 Å². The molecule has 4 aromatic carbocycles. The van der Waals surface area contributed by atoms with Crippen molar-refractivity contribution < 1.29 is 13.4 Å². The topological polar surface area (TPSA) is 21.9 Å². The van der Waals surface area contributed by atoms with Gasteiger partial charge in [0.2, 0.25) is 5.58 Å². The van der Waals surface area contributed by atoms with Gasteiger partial charge in [-0.25, -0.2) is 4.39 Å². The second kappa shape index (κ2) is 7.78. The van der Waals surface area contributed by atoms with E-state index in [0.29, 0.717) is 5.52 Å². The van der Waals surface area contributed by atoms with Crippen LogP contribution in [-0.4, -0.2) is 4.57 Å². The van der Waals surface area contributed by atoms with Crippen LogP contribution in [0.1, 0.15) is 16.7 Å². The molecule has 4 heteroatoms. The molecule has 0 aliphatic rings. The molecule has 3 heterocycles. The Kier molecular flexibility index (Phi) is 4.58. The molecular weight excluding hydrogens is 459 g/mol. The van der Waals surface area contributed by atoms with Crippen molar-refractivity contribution in [3.8, 4) is 16.9 Å². The van der Waals surface area contributed by atoms with Gasteiger partial charge in [-0.2, -0.15) is 4.57 Å². The fourth-order valence-electron chi connectivity index (χ4n) is 5.85. The highest BCUT2D eigenvalue weighted by Gasteiger charge is 2.24. The van der Waals surface area contributed by atoms with Gasteiger partial charge in [0.05, 0.1) is 16.6 Å². The second-order valence-electron chi connectivity index (χ2n) is 10.0. The van der Waals surface area contributed by atoms with Gasteiger partial charge in [-0.15, -0.1) is 0 Å². The Bertz CT molecular complexity index is 2040. The minimum Gasteiger partial charge on any atom is -0.449 e. The highest BCUT2D eigenvalue weighted by molar-refractivity contribution is 6.11. The van der Waals surface area contributed by atoms with Gasteiger partial charge in [0.15, 0.2) is 6.20 Å². The first kappa shape index (κ1) is 21.8. The lowest BCUT2D eigenvalue weighted by Gasteiger charge is -2.09. The van der Waals surface area contributed by atoms with E-state index in [1.165, 1.54) is 28.3 Å². The van der Waals surface area contributed by atoms with E-state index in [0.717, 1.165) is 49.6 Å². The van der Waals surface area contributed by atoms with Crippen molar-refractivity contribution in [1.82, 2.24) is 4.57 Å². The molecule has 0 amide bonds. The molecule has 0 saturated carbocycles. The number of hydrogen-bond acceptors (Lipinski definition) is 1. The number of furan rings is 1. The van der Waals surface area contributed by atoms with Gasteiger partial charge in [0.1, 0.15) is 18.4 Å². The lowest BCUT2D eigenvalue weighted by atomic mass is 9.96. The Morgan fingerprint density at radius 1 is 0.784 bits per heavy atom. The third kappa shape index (κ3) is 3.08. The van der Waals surface area contributed by atoms with E-state index in [9.17, 15) is 0 Å². The Morgan fingerprint density at radius 3 is 2.46 bits per heavy atom. The molecule has 3 nitrogen and oxygen atoms in total. The van der Waals surface area contributed by atoms with E-state index in [4.69, 9.17) is 4.42 Å². The molecule has 180 valence electrons. The van der Waals surface area contributed by atoms with Crippen LogP contribution < -0.4 is 4.57 Å². The maximum Gasteiger partial charge on any atom is 0.256 e. The van der Waals surface area contributed by atoms with Crippen molar-refractivity contribution in [2.75, 3.05) is 0 Å². The summed E-state index contributed by atoms with van der Waals surface area (Å²) in [6, 6.07) is 26.1. The first-order chi connectivity index (χ1) is 17.9. The van der Waals surface area contributed by atoms with Gasteiger partial charge < -0.3 is 8.98 Å². The maximum atomic E-state index is 15.2.